The topological polar surface area (TPSA) is 87.7 Å². The summed E-state index contributed by atoms with van der Waals surface area (Å²) in [6.45, 7) is -1.67. The number of benzene rings is 2. The van der Waals surface area contributed by atoms with Gasteiger partial charge in [-0.05, 0) is 36.6 Å². The second-order valence-electron chi connectivity index (χ2n) is 7.13. The number of ether oxygens (including phenoxy) is 1. The van der Waals surface area contributed by atoms with Gasteiger partial charge in [0.2, 0.25) is 10.0 Å². The number of nitrogens with one attached hydrogen (secondary N) is 2. The van der Waals surface area contributed by atoms with Crippen molar-refractivity contribution in [1.29, 1.82) is 0 Å². The highest BCUT2D eigenvalue weighted by molar-refractivity contribution is 7.89. The Kier molecular flexibility index (Phi) is 7.80. The molecule has 3 rings (SSSR count). The van der Waals surface area contributed by atoms with Gasteiger partial charge in [-0.15, -0.1) is 0 Å². The molecule has 0 saturated carbocycles. The van der Waals surface area contributed by atoms with Crippen molar-refractivity contribution in [3.8, 4) is 5.75 Å². The van der Waals surface area contributed by atoms with Crippen molar-refractivity contribution in [3.05, 3.63) is 59.7 Å². The van der Waals surface area contributed by atoms with E-state index in [1.165, 1.54) is 22.5 Å². The summed E-state index contributed by atoms with van der Waals surface area (Å²) >= 11 is 0. The first-order valence-corrected chi connectivity index (χ1v) is 11.4. The number of amides is 2. The molecule has 0 spiro atoms. The highest BCUT2D eigenvalue weighted by Gasteiger charge is 2.25. The Morgan fingerprint density at radius 3 is 2.29 bits per heavy atom. The third-order valence-corrected chi connectivity index (χ3v) is 6.87. The molecule has 168 valence electrons. The number of nitrogens with zero attached hydrogens (tertiary/aromatic N) is 1. The number of sulfonamides is 1. The Labute approximate surface area is 180 Å². The second-order valence-corrected chi connectivity index (χ2v) is 9.07. The zero-order chi connectivity index (χ0) is 22.3. The van der Waals surface area contributed by atoms with Gasteiger partial charge in [0.1, 0.15) is 5.75 Å². The minimum Gasteiger partial charge on any atom is -0.434 e. The van der Waals surface area contributed by atoms with Crippen LogP contribution in [0.4, 0.5) is 13.6 Å². The van der Waals surface area contributed by atoms with Gasteiger partial charge < -0.3 is 15.4 Å². The standard InChI is InChI=1S/C21H25F2N3O4S/c22-20(23)30-19-7-3-2-6-17(19)15-25-21(27)24-14-16-8-10-18(11-9-16)31(28,29)26-12-4-1-5-13-26/h2-3,6-11,20H,1,4-5,12-15H2,(H2,24,25,27). The maximum atomic E-state index is 12.7. The molecule has 1 heterocycles. The van der Waals surface area contributed by atoms with Gasteiger partial charge >= 0.3 is 12.6 Å². The van der Waals surface area contributed by atoms with Crippen LogP contribution in [0, 0.1) is 0 Å². The van der Waals surface area contributed by atoms with Crippen LogP contribution in [0.2, 0.25) is 0 Å². The maximum absolute atomic E-state index is 12.7. The van der Waals surface area contributed by atoms with Crippen LogP contribution in [0.5, 0.6) is 5.75 Å². The van der Waals surface area contributed by atoms with Gasteiger partial charge in [0.15, 0.2) is 0 Å². The number of carbonyl (C=O) groups is 1. The highest BCUT2D eigenvalue weighted by Crippen LogP contribution is 2.21. The van der Waals surface area contributed by atoms with Crippen molar-refractivity contribution >= 4 is 16.1 Å². The number of para-hydroxylation sites is 1. The van der Waals surface area contributed by atoms with Gasteiger partial charge in [0, 0.05) is 31.7 Å². The molecule has 1 saturated heterocycles. The summed E-state index contributed by atoms with van der Waals surface area (Å²) in [4.78, 5) is 12.3. The maximum Gasteiger partial charge on any atom is 0.387 e. The van der Waals surface area contributed by atoms with Crippen molar-refractivity contribution in [2.24, 2.45) is 0 Å². The zero-order valence-corrected chi connectivity index (χ0v) is 17.7. The third-order valence-electron chi connectivity index (χ3n) is 4.96. The van der Waals surface area contributed by atoms with E-state index in [2.05, 4.69) is 15.4 Å². The van der Waals surface area contributed by atoms with Crippen LogP contribution in [0.1, 0.15) is 30.4 Å². The molecule has 1 aliphatic rings. The lowest BCUT2D eigenvalue weighted by Crippen LogP contribution is -2.35. The third kappa shape index (κ3) is 6.38. The van der Waals surface area contributed by atoms with E-state index in [-0.39, 0.29) is 23.7 Å². The van der Waals surface area contributed by atoms with E-state index in [4.69, 9.17) is 0 Å². The van der Waals surface area contributed by atoms with Crippen molar-refractivity contribution in [1.82, 2.24) is 14.9 Å². The molecule has 1 aliphatic heterocycles. The predicted molar refractivity (Wildman–Crippen MR) is 111 cm³/mol. The Morgan fingerprint density at radius 2 is 1.61 bits per heavy atom. The smallest absolute Gasteiger partial charge is 0.387 e. The van der Waals surface area contributed by atoms with Crippen LogP contribution in [0.25, 0.3) is 0 Å². The molecular weight excluding hydrogens is 428 g/mol. The monoisotopic (exact) mass is 453 g/mol. The van der Waals surface area contributed by atoms with E-state index in [9.17, 15) is 22.0 Å². The average molecular weight is 454 g/mol. The molecule has 0 unspecified atom stereocenters. The summed E-state index contributed by atoms with van der Waals surface area (Å²) in [6, 6.07) is 12.1. The summed E-state index contributed by atoms with van der Waals surface area (Å²) in [5.74, 6) is 0.00306. The molecule has 0 aliphatic carbocycles. The fraction of sp³-hybridized carbons (Fsp3) is 0.381. The van der Waals surface area contributed by atoms with Crippen LogP contribution in [-0.2, 0) is 23.1 Å². The van der Waals surface area contributed by atoms with Crippen LogP contribution >= 0.6 is 0 Å². The fourth-order valence-corrected chi connectivity index (χ4v) is 4.83. The number of hydrogen-bond donors (Lipinski definition) is 2. The van der Waals surface area contributed by atoms with Crippen molar-refractivity contribution < 1.29 is 26.7 Å². The number of carbonyl (C=O) groups excluding carboxylic acids is 1. The van der Waals surface area contributed by atoms with Gasteiger partial charge in [-0.1, -0.05) is 36.8 Å². The number of urea groups is 1. The van der Waals surface area contributed by atoms with E-state index in [1.807, 2.05) is 0 Å². The summed E-state index contributed by atoms with van der Waals surface area (Å²) < 4.78 is 56.2. The molecule has 0 radical (unpaired) electrons. The van der Waals surface area contributed by atoms with Crippen molar-refractivity contribution in [2.75, 3.05) is 13.1 Å². The van der Waals surface area contributed by atoms with E-state index in [0.29, 0.717) is 18.7 Å². The van der Waals surface area contributed by atoms with Gasteiger partial charge in [-0.25, -0.2) is 13.2 Å². The number of hydrogen-bond acceptors (Lipinski definition) is 4. The average Bonchev–Trinajstić information content (AvgIpc) is 2.77. The Morgan fingerprint density at radius 1 is 0.968 bits per heavy atom. The van der Waals surface area contributed by atoms with E-state index < -0.39 is 22.7 Å². The molecule has 0 atom stereocenters. The summed E-state index contributed by atoms with van der Waals surface area (Å²) in [5.41, 5.74) is 1.15. The van der Waals surface area contributed by atoms with E-state index >= 15 is 0 Å². The van der Waals surface area contributed by atoms with Gasteiger partial charge in [-0.2, -0.15) is 13.1 Å². The molecular formula is C21H25F2N3O4S. The van der Waals surface area contributed by atoms with Gasteiger partial charge in [0.25, 0.3) is 0 Å². The van der Waals surface area contributed by atoms with Crippen LogP contribution in [0.15, 0.2) is 53.4 Å². The molecule has 10 heteroatoms. The molecule has 1 fully saturated rings. The van der Waals surface area contributed by atoms with E-state index in [1.54, 1.807) is 30.3 Å². The van der Waals surface area contributed by atoms with Crippen LogP contribution in [-0.4, -0.2) is 38.5 Å². The molecule has 0 aromatic heterocycles. The molecule has 31 heavy (non-hydrogen) atoms. The first-order chi connectivity index (χ1) is 14.9. The molecule has 2 N–H and O–H groups in total. The first kappa shape index (κ1) is 23.0. The quantitative estimate of drug-likeness (QED) is 0.641. The predicted octanol–water partition coefficient (Wildman–Crippen LogP) is 3.46. The number of alkyl halides is 2. The Hall–Kier alpha value is -2.72. The lowest BCUT2D eigenvalue weighted by atomic mass is 10.2. The fourth-order valence-electron chi connectivity index (χ4n) is 3.31. The minimum atomic E-state index is -3.49. The molecule has 0 bridgehead atoms. The van der Waals surface area contributed by atoms with Gasteiger partial charge in [0.05, 0.1) is 4.90 Å². The van der Waals surface area contributed by atoms with E-state index in [0.717, 1.165) is 24.8 Å². The molecule has 2 aromatic carbocycles. The SMILES string of the molecule is O=C(NCc1ccc(S(=O)(=O)N2CCCCC2)cc1)NCc1ccccc1OC(F)F. The summed E-state index contributed by atoms with van der Waals surface area (Å²) in [7, 11) is -3.49. The number of piperidine rings is 1. The lowest BCUT2D eigenvalue weighted by Gasteiger charge is -2.25. The van der Waals surface area contributed by atoms with Crippen LogP contribution < -0.4 is 15.4 Å². The molecule has 7 nitrogen and oxygen atoms in total. The van der Waals surface area contributed by atoms with Crippen molar-refractivity contribution in [2.45, 2.75) is 43.9 Å². The molecule has 2 aromatic rings. The number of rotatable bonds is 8. The Balaban J connectivity index is 1.51. The Bertz CT molecular complexity index is 978. The second kappa shape index (κ2) is 10.5. The van der Waals surface area contributed by atoms with Crippen molar-refractivity contribution in [3.63, 3.8) is 0 Å². The minimum absolute atomic E-state index is 0.00306. The van der Waals surface area contributed by atoms with Crippen LogP contribution in [0.3, 0.4) is 0 Å². The summed E-state index contributed by atoms with van der Waals surface area (Å²) in [6.07, 6.45) is 2.79. The normalized spacial score (nSPS) is 14.9. The largest absolute Gasteiger partial charge is 0.434 e. The lowest BCUT2D eigenvalue weighted by molar-refractivity contribution is -0.0504. The highest BCUT2D eigenvalue weighted by atomic mass is 32.2. The summed E-state index contributed by atoms with van der Waals surface area (Å²) in [5, 5.41) is 5.24. The van der Waals surface area contributed by atoms with Gasteiger partial charge in [-0.3, -0.25) is 0 Å². The molecule has 2 amide bonds. The first-order valence-electron chi connectivity index (χ1n) is 10.00. The zero-order valence-electron chi connectivity index (χ0n) is 16.9. The number of halogens is 2.